The molecule has 0 radical (unpaired) electrons. The fourth-order valence-electron chi connectivity index (χ4n) is 3.55. The van der Waals surface area contributed by atoms with Gasteiger partial charge in [0.1, 0.15) is 11.9 Å². The molecule has 0 aliphatic heterocycles. The first-order valence-corrected chi connectivity index (χ1v) is 8.15. The van der Waals surface area contributed by atoms with Crippen LogP contribution in [0.2, 0.25) is 0 Å². The lowest BCUT2D eigenvalue weighted by molar-refractivity contribution is -0.00585. The van der Waals surface area contributed by atoms with E-state index < -0.39 is 5.60 Å². The van der Waals surface area contributed by atoms with E-state index in [2.05, 4.69) is 32.9 Å². The molecule has 1 saturated carbocycles. The zero-order valence-corrected chi connectivity index (χ0v) is 14.1. The van der Waals surface area contributed by atoms with Gasteiger partial charge in [-0.2, -0.15) is 0 Å². The van der Waals surface area contributed by atoms with E-state index in [4.69, 9.17) is 4.74 Å². The SMILES string of the molecule is CC1CCCC(C)(C)C1Oc1ccc(CC(C)(C)O)cc1. The highest BCUT2D eigenvalue weighted by Gasteiger charge is 2.38. The van der Waals surface area contributed by atoms with Crippen LogP contribution in [0.4, 0.5) is 0 Å². The van der Waals surface area contributed by atoms with Gasteiger partial charge in [0.25, 0.3) is 0 Å². The Hall–Kier alpha value is -1.02. The summed E-state index contributed by atoms with van der Waals surface area (Å²) in [5.74, 6) is 1.55. The summed E-state index contributed by atoms with van der Waals surface area (Å²) in [7, 11) is 0. The molecule has 0 saturated heterocycles. The third-order valence-electron chi connectivity index (χ3n) is 4.59. The van der Waals surface area contributed by atoms with E-state index in [1.165, 1.54) is 19.3 Å². The van der Waals surface area contributed by atoms with E-state index in [1.807, 2.05) is 26.0 Å². The van der Waals surface area contributed by atoms with Gasteiger partial charge >= 0.3 is 0 Å². The number of hydrogen-bond donors (Lipinski definition) is 1. The minimum absolute atomic E-state index is 0.240. The van der Waals surface area contributed by atoms with Crippen LogP contribution in [0, 0.1) is 11.3 Å². The summed E-state index contributed by atoms with van der Waals surface area (Å²) in [6.07, 6.45) is 4.74. The molecule has 1 aliphatic carbocycles. The van der Waals surface area contributed by atoms with Crippen molar-refractivity contribution in [3.8, 4) is 5.75 Å². The fraction of sp³-hybridized carbons (Fsp3) is 0.684. The third-order valence-corrected chi connectivity index (χ3v) is 4.59. The standard InChI is InChI=1S/C19H30O2/c1-14-7-6-12-18(2,3)17(14)21-16-10-8-15(9-11-16)13-19(4,5)20/h8-11,14,17,20H,6-7,12-13H2,1-5H3. The van der Waals surface area contributed by atoms with Crippen molar-refractivity contribution in [3.63, 3.8) is 0 Å². The van der Waals surface area contributed by atoms with Crippen molar-refractivity contribution >= 4 is 0 Å². The maximum Gasteiger partial charge on any atom is 0.119 e. The molecular weight excluding hydrogens is 260 g/mol. The van der Waals surface area contributed by atoms with Gasteiger partial charge in [-0.1, -0.05) is 39.3 Å². The number of rotatable bonds is 4. The van der Waals surface area contributed by atoms with Crippen molar-refractivity contribution in [1.82, 2.24) is 0 Å². The van der Waals surface area contributed by atoms with Crippen LogP contribution in [0.15, 0.2) is 24.3 Å². The Labute approximate surface area is 129 Å². The second-order valence-corrected chi connectivity index (χ2v) is 8.03. The Morgan fingerprint density at radius 3 is 2.38 bits per heavy atom. The fourth-order valence-corrected chi connectivity index (χ4v) is 3.55. The molecule has 2 unspecified atom stereocenters. The zero-order valence-electron chi connectivity index (χ0n) is 14.1. The molecule has 21 heavy (non-hydrogen) atoms. The largest absolute Gasteiger partial charge is 0.490 e. The highest BCUT2D eigenvalue weighted by molar-refractivity contribution is 5.28. The molecule has 2 atom stereocenters. The highest BCUT2D eigenvalue weighted by atomic mass is 16.5. The van der Waals surface area contributed by atoms with Gasteiger partial charge in [0.05, 0.1) is 5.60 Å². The number of aliphatic hydroxyl groups is 1. The lowest BCUT2D eigenvalue weighted by Crippen LogP contribution is -2.42. The highest BCUT2D eigenvalue weighted by Crippen LogP contribution is 2.41. The van der Waals surface area contributed by atoms with E-state index in [9.17, 15) is 5.11 Å². The van der Waals surface area contributed by atoms with Crippen molar-refractivity contribution in [2.75, 3.05) is 0 Å². The monoisotopic (exact) mass is 290 g/mol. The van der Waals surface area contributed by atoms with Crippen molar-refractivity contribution < 1.29 is 9.84 Å². The molecule has 2 nitrogen and oxygen atoms in total. The third kappa shape index (κ3) is 4.47. The van der Waals surface area contributed by atoms with Crippen LogP contribution in [-0.2, 0) is 6.42 Å². The van der Waals surface area contributed by atoms with Gasteiger partial charge in [-0.05, 0) is 50.3 Å². The van der Waals surface area contributed by atoms with Crippen LogP contribution >= 0.6 is 0 Å². The Morgan fingerprint density at radius 1 is 1.24 bits per heavy atom. The molecule has 2 rings (SSSR count). The molecule has 1 aromatic carbocycles. The van der Waals surface area contributed by atoms with Crippen molar-refractivity contribution in [2.45, 2.75) is 72.0 Å². The summed E-state index contributed by atoms with van der Waals surface area (Å²) < 4.78 is 6.31. The van der Waals surface area contributed by atoms with Crippen LogP contribution in [0.5, 0.6) is 5.75 Å². The van der Waals surface area contributed by atoms with E-state index in [0.717, 1.165) is 11.3 Å². The first kappa shape index (κ1) is 16.4. The van der Waals surface area contributed by atoms with Crippen LogP contribution < -0.4 is 4.74 Å². The molecule has 0 amide bonds. The molecule has 0 heterocycles. The topological polar surface area (TPSA) is 29.5 Å². The number of benzene rings is 1. The van der Waals surface area contributed by atoms with Gasteiger partial charge in [-0.15, -0.1) is 0 Å². The molecule has 0 aromatic heterocycles. The van der Waals surface area contributed by atoms with Gasteiger partial charge in [0.15, 0.2) is 0 Å². The lowest BCUT2D eigenvalue weighted by atomic mass is 9.70. The van der Waals surface area contributed by atoms with Crippen LogP contribution in [-0.4, -0.2) is 16.8 Å². The molecular formula is C19H30O2. The van der Waals surface area contributed by atoms with E-state index >= 15 is 0 Å². The molecule has 118 valence electrons. The Kier molecular flexibility index (Phi) is 4.67. The first-order chi connectivity index (χ1) is 9.67. The summed E-state index contributed by atoms with van der Waals surface area (Å²) >= 11 is 0. The predicted octanol–water partition coefficient (Wildman–Crippen LogP) is 4.59. The minimum Gasteiger partial charge on any atom is -0.490 e. The second-order valence-electron chi connectivity index (χ2n) is 8.03. The molecule has 1 fully saturated rings. The Balaban J connectivity index is 2.05. The molecule has 0 spiro atoms. The minimum atomic E-state index is -0.664. The Bertz CT molecular complexity index is 453. The average Bonchev–Trinajstić information content (AvgIpc) is 2.34. The van der Waals surface area contributed by atoms with Gasteiger partial charge in [0.2, 0.25) is 0 Å². The number of hydrogen-bond acceptors (Lipinski definition) is 2. The van der Waals surface area contributed by atoms with Gasteiger partial charge in [0, 0.05) is 11.8 Å². The second kappa shape index (κ2) is 6.00. The summed E-state index contributed by atoms with van der Waals surface area (Å²) in [5, 5.41) is 9.87. The molecule has 1 aliphatic rings. The maximum absolute atomic E-state index is 9.87. The molecule has 1 N–H and O–H groups in total. The van der Waals surface area contributed by atoms with E-state index in [1.54, 1.807) is 0 Å². The van der Waals surface area contributed by atoms with Crippen LogP contribution in [0.1, 0.15) is 59.4 Å². The van der Waals surface area contributed by atoms with Gasteiger partial charge < -0.3 is 9.84 Å². The first-order valence-electron chi connectivity index (χ1n) is 8.15. The lowest BCUT2D eigenvalue weighted by Gasteiger charge is -2.42. The Morgan fingerprint density at radius 2 is 1.86 bits per heavy atom. The van der Waals surface area contributed by atoms with Crippen molar-refractivity contribution in [2.24, 2.45) is 11.3 Å². The molecule has 1 aromatic rings. The normalized spacial score (nSPS) is 25.6. The van der Waals surface area contributed by atoms with Gasteiger partial charge in [-0.25, -0.2) is 0 Å². The van der Waals surface area contributed by atoms with Crippen LogP contribution in [0.3, 0.4) is 0 Å². The maximum atomic E-state index is 9.87. The average molecular weight is 290 g/mol. The predicted molar refractivity (Wildman–Crippen MR) is 87.7 cm³/mol. The van der Waals surface area contributed by atoms with Gasteiger partial charge in [-0.3, -0.25) is 0 Å². The summed E-state index contributed by atoms with van der Waals surface area (Å²) in [4.78, 5) is 0. The van der Waals surface area contributed by atoms with E-state index in [-0.39, 0.29) is 11.5 Å². The smallest absolute Gasteiger partial charge is 0.119 e. The summed E-state index contributed by atoms with van der Waals surface area (Å²) in [6.45, 7) is 10.6. The van der Waals surface area contributed by atoms with Crippen molar-refractivity contribution in [1.29, 1.82) is 0 Å². The molecule has 2 heteroatoms. The van der Waals surface area contributed by atoms with Crippen molar-refractivity contribution in [3.05, 3.63) is 29.8 Å². The quantitative estimate of drug-likeness (QED) is 0.878. The zero-order chi connectivity index (χ0) is 15.7. The number of ether oxygens (including phenoxy) is 1. The molecule has 0 bridgehead atoms. The summed E-state index contributed by atoms with van der Waals surface area (Å²) in [6, 6.07) is 8.21. The van der Waals surface area contributed by atoms with Crippen LogP contribution in [0.25, 0.3) is 0 Å². The summed E-state index contributed by atoms with van der Waals surface area (Å²) in [5.41, 5.74) is 0.719. The van der Waals surface area contributed by atoms with E-state index in [0.29, 0.717) is 12.3 Å².